The van der Waals surface area contributed by atoms with E-state index in [9.17, 15) is 4.79 Å². The second-order valence-electron chi connectivity index (χ2n) is 5.04. The molecule has 2 aromatic rings. The zero-order valence-electron chi connectivity index (χ0n) is 12.2. The first-order chi connectivity index (χ1) is 9.99. The number of rotatable bonds is 5. The van der Waals surface area contributed by atoms with Crippen LogP contribution in [0.5, 0.6) is 5.75 Å². The van der Waals surface area contributed by atoms with Crippen LogP contribution in [-0.4, -0.2) is 23.2 Å². The fourth-order valence-electron chi connectivity index (χ4n) is 1.94. The van der Waals surface area contributed by atoms with E-state index in [1.807, 2.05) is 6.07 Å². The summed E-state index contributed by atoms with van der Waals surface area (Å²) in [5.74, 6) is 1.32. The Bertz CT molecular complexity index is 638. The molecule has 0 fully saturated rings. The van der Waals surface area contributed by atoms with Crippen molar-refractivity contribution >= 4 is 23.3 Å². The number of nitrogens with one attached hydrogen (secondary N) is 2. The molecule has 2 rings (SSSR count). The summed E-state index contributed by atoms with van der Waals surface area (Å²) < 4.78 is 5.23. The standard InChI is InChI=1S/C15H18ClN3O2/c1-9(2)12-8-14(19-18-12)17-15(20)7-10-6-11(16)4-5-13(10)21-3/h4-6,8-9H,7H2,1-3H3,(H2,17,18,19,20). The van der Waals surface area contributed by atoms with Crippen LogP contribution >= 0.6 is 11.6 Å². The SMILES string of the molecule is COc1ccc(Cl)cc1CC(=O)Nc1cc(C(C)C)[nH]n1. The average molecular weight is 308 g/mol. The molecule has 6 heteroatoms. The zero-order valence-corrected chi connectivity index (χ0v) is 13.0. The van der Waals surface area contributed by atoms with Gasteiger partial charge < -0.3 is 10.1 Å². The summed E-state index contributed by atoms with van der Waals surface area (Å²) >= 11 is 5.95. The lowest BCUT2D eigenvalue weighted by Gasteiger charge is -2.08. The van der Waals surface area contributed by atoms with E-state index in [1.165, 1.54) is 0 Å². The van der Waals surface area contributed by atoms with E-state index in [4.69, 9.17) is 16.3 Å². The highest BCUT2D eigenvalue weighted by molar-refractivity contribution is 6.30. The number of hydrogen-bond donors (Lipinski definition) is 2. The summed E-state index contributed by atoms with van der Waals surface area (Å²) in [6.45, 7) is 4.10. The summed E-state index contributed by atoms with van der Waals surface area (Å²) in [4.78, 5) is 12.1. The van der Waals surface area contributed by atoms with E-state index < -0.39 is 0 Å². The Hall–Kier alpha value is -2.01. The molecule has 1 aromatic carbocycles. The molecule has 5 nitrogen and oxygen atoms in total. The predicted octanol–water partition coefficient (Wildman–Crippen LogP) is 3.38. The summed E-state index contributed by atoms with van der Waals surface area (Å²) in [6, 6.07) is 7.03. The number of amides is 1. The van der Waals surface area contributed by atoms with Gasteiger partial charge in [-0.1, -0.05) is 25.4 Å². The number of carbonyl (C=O) groups is 1. The van der Waals surface area contributed by atoms with Gasteiger partial charge in [0.1, 0.15) is 5.75 Å². The summed E-state index contributed by atoms with van der Waals surface area (Å²) in [7, 11) is 1.56. The van der Waals surface area contributed by atoms with Gasteiger partial charge in [-0.05, 0) is 24.1 Å². The van der Waals surface area contributed by atoms with Crippen molar-refractivity contribution in [3.63, 3.8) is 0 Å². The number of nitrogens with zero attached hydrogens (tertiary/aromatic N) is 1. The van der Waals surface area contributed by atoms with Crippen LogP contribution in [0.2, 0.25) is 5.02 Å². The van der Waals surface area contributed by atoms with Crippen molar-refractivity contribution in [1.29, 1.82) is 0 Å². The normalized spacial score (nSPS) is 10.7. The molecule has 0 bridgehead atoms. The summed E-state index contributed by atoms with van der Waals surface area (Å²) in [5.41, 5.74) is 1.72. The molecule has 2 N–H and O–H groups in total. The second-order valence-corrected chi connectivity index (χ2v) is 5.48. The number of anilines is 1. The molecule has 1 amide bonds. The number of aromatic amines is 1. The fraction of sp³-hybridized carbons (Fsp3) is 0.333. The van der Waals surface area contributed by atoms with Crippen molar-refractivity contribution in [2.75, 3.05) is 12.4 Å². The third-order valence-corrected chi connectivity index (χ3v) is 3.32. The van der Waals surface area contributed by atoms with Gasteiger partial charge in [0.05, 0.1) is 13.5 Å². The van der Waals surface area contributed by atoms with Crippen molar-refractivity contribution in [3.05, 3.63) is 40.5 Å². The van der Waals surface area contributed by atoms with E-state index >= 15 is 0 Å². The minimum atomic E-state index is -0.169. The van der Waals surface area contributed by atoms with Gasteiger partial charge in [0.25, 0.3) is 0 Å². The van der Waals surface area contributed by atoms with Crippen LogP contribution in [0.1, 0.15) is 31.0 Å². The van der Waals surface area contributed by atoms with Crippen molar-refractivity contribution in [3.8, 4) is 5.75 Å². The molecule has 0 aliphatic carbocycles. The zero-order chi connectivity index (χ0) is 15.4. The molecule has 0 unspecified atom stereocenters. The van der Waals surface area contributed by atoms with Gasteiger partial charge in [0.2, 0.25) is 5.91 Å². The molecule has 0 radical (unpaired) electrons. The van der Waals surface area contributed by atoms with Crippen LogP contribution in [0.15, 0.2) is 24.3 Å². The number of halogens is 1. The second kappa shape index (κ2) is 6.63. The van der Waals surface area contributed by atoms with Crippen molar-refractivity contribution in [1.82, 2.24) is 10.2 Å². The van der Waals surface area contributed by atoms with Crippen LogP contribution in [0.3, 0.4) is 0 Å². The molecule has 0 saturated heterocycles. The molecule has 0 aliphatic heterocycles. The highest BCUT2D eigenvalue weighted by Gasteiger charge is 2.12. The van der Waals surface area contributed by atoms with Crippen molar-refractivity contribution in [2.24, 2.45) is 0 Å². The predicted molar refractivity (Wildman–Crippen MR) is 83.0 cm³/mol. The Balaban J connectivity index is 2.06. The average Bonchev–Trinajstić information content (AvgIpc) is 2.87. The van der Waals surface area contributed by atoms with E-state index in [2.05, 4.69) is 29.4 Å². The minimum Gasteiger partial charge on any atom is -0.496 e. The lowest BCUT2D eigenvalue weighted by Crippen LogP contribution is -2.15. The third-order valence-electron chi connectivity index (χ3n) is 3.08. The minimum absolute atomic E-state index is 0.169. The lowest BCUT2D eigenvalue weighted by molar-refractivity contribution is -0.115. The van der Waals surface area contributed by atoms with Crippen LogP contribution in [0.4, 0.5) is 5.82 Å². The molecule has 21 heavy (non-hydrogen) atoms. The van der Waals surface area contributed by atoms with Gasteiger partial charge in [-0.2, -0.15) is 5.10 Å². The first-order valence-corrected chi connectivity index (χ1v) is 7.05. The molecule has 112 valence electrons. The number of H-pyrrole nitrogens is 1. The monoisotopic (exact) mass is 307 g/mol. The summed E-state index contributed by atoms with van der Waals surface area (Å²) in [5, 5.41) is 10.3. The Morgan fingerprint density at radius 1 is 1.43 bits per heavy atom. The molecular formula is C15H18ClN3O2. The highest BCUT2D eigenvalue weighted by Crippen LogP contribution is 2.23. The number of aromatic nitrogens is 2. The van der Waals surface area contributed by atoms with Crippen LogP contribution < -0.4 is 10.1 Å². The van der Waals surface area contributed by atoms with Gasteiger partial charge >= 0.3 is 0 Å². The van der Waals surface area contributed by atoms with Gasteiger partial charge in [0, 0.05) is 22.3 Å². The topological polar surface area (TPSA) is 67.0 Å². The Morgan fingerprint density at radius 3 is 2.81 bits per heavy atom. The van der Waals surface area contributed by atoms with Crippen LogP contribution in [-0.2, 0) is 11.2 Å². The molecule has 1 aromatic heterocycles. The maximum Gasteiger partial charge on any atom is 0.230 e. The number of methoxy groups -OCH3 is 1. The lowest BCUT2D eigenvalue weighted by atomic mass is 10.1. The smallest absolute Gasteiger partial charge is 0.230 e. The molecule has 0 saturated carbocycles. The maximum absolute atomic E-state index is 12.1. The van der Waals surface area contributed by atoms with Gasteiger partial charge in [0.15, 0.2) is 5.82 Å². The van der Waals surface area contributed by atoms with Gasteiger partial charge in [-0.15, -0.1) is 0 Å². The molecule has 0 atom stereocenters. The first-order valence-electron chi connectivity index (χ1n) is 6.67. The molecule has 1 heterocycles. The molecular weight excluding hydrogens is 290 g/mol. The largest absolute Gasteiger partial charge is 0.496 e. The number of benzene rings is 1. The Labute approximate surface area is 128 Å². The van der Waals surface area contributed by atoms with Crippen LogP contribution in [0.25, 0.3) is 0 Å². The van der Waals surface area contributed by atoms with Gasteiger partial charge in [-0.25, -0.2) is 0 Å². The van der Waals surface area contributed by atoms with E-state index in [-0.39, 0.29) is 12.3 Å². The highest BCUT2D eigenvalue weighted by atomic mass is 35.5. The number of ether oxygens (including phenoxy) is 1. The molecule has 0 spiro atoms. The third kappa shape index (κ3) is 3.98. The van der Waals surface area contributed by atoms with E-state index in [0.29, 0.717) is 22.5 Å². The van der Waals surface area contributed by atoms with Gasteiger partial charge in [-0.3, -0.25) is 9.89 Å². The summed E-state index contributed by atoms with van der Waals surface area (Å²) in [6.07, 6.45) is 0.174. The molecule has 0 aliphatic rings. The van der Waals surface area contributed by atoms with E-state index in [1.54, 1.807) is 25.3 Å². The van der Waals surface area contributed by atoms with Crippen molar-refractivity contribution in [2.45, 2.75) is 26.2 Å². The first kappa shape index (κ1) is 15.4. The van der Waals surface area contributed by atoms with E-state index in [0.717, 1.165) is 11.3 Å². The Morgan fingerprint density at radius 2 is 2.19 bits per heavy atom. The fourth-order valence-corrected chi connectivity index (χ4v) is 2.14. The number of hydrogen-bond acceptors (Lipinski definition) is 3. The van der Waals surface area contributed by atoms with Crippen molar-refractivity contribution < 1.29 is 9.53 Å². The Kier molecular flexibility index (Phi) is 4.85. The van der Waals surface area contributed by atoms with Crippen LogP contribution in [0, 0.1) is 0 Å². The number of carbonyl (C=O) groups excluding carboxylic acids is 1. The quantitative estimate of drug-likeness (QED) is 0.890. The maximum atomic E-state index is 12.1.